The Morgan fingerprint density at radius 3 is 2.77 bits per heavy atom. The largest absolute Gasteiger partial charge is 0.611 e. The highest BCUT2D eigenvalue weighted by Gasteiger charge is 2.19. The van der Waals surface area contributed by atoms with Gasteiger partial charge in [-0.1, -0.05) is 30.3 Å². The Morgan fingerprint density at radius 1 is 1.14 bits per heavy atom. The monoisotopic (exact) mass is 314 g/mol. The average Bonchev–Trinajstić information content (AvgIpc) is 2.54. The fraction of sp³-hybridized carbons (Fsp3) is 0.118. The Balaban J connectivity index is 1.92. The van der Waals surface area contributed by atoms with Gasteiger partial charge >= 0.3 is 5.63 Å². The molecule has 1 unspecified atom stereocenters. The molecule has 0 N–H and O–H groups in total. The van der Waals surface area contributed by atoms with Crippen molar-refractivity contribution in [2.24, 2.45) is 0 Å². The molecule has 0 aliphatic carbocycles. The fourth-order valence-electron chi connectivity index (χ4n) is 2.19. The summed E-state index contributed by atoms with van der Waals surface area (Å²) in [5.74, 6) is 0.931. The Hall–Kier alpha value is -2.24. The molecule has 0 fully saturated rings. The van der Waals surface area contributed by atoms with E-state index in [1.165, 1.54) is 0 Å². The third-order valence-corrected chi connectivity index (χ3v) is 4.66. The third kappa shape index (κ3) is 3.00. The van der Waals surface area contributed by atoms with E-state index in [1.807, 2.05) is 30.3 Å². The van der Waals surface area contributed by atoms with Crippen LogP contribution in [-0.2, 0) is 16.9 Å². The molecule has 0 radical (unpaired) electrons. The zero-order chi connectivity index (χ0) is 15.5. The molecule has 112 valence electrons. The average molecular weight is 314 g/mol. The molecule has 22 heavy (non-hydrogen) atoms. The Labute approximate surface area is 130 Å². The lowest BCUT2D eigenvalue weighted by molar-refractivity contribution is 0.414. The maximum atomic E-state index is 12.5. The lowest BCUT2D eigenvalue weighted by Crippen LogP contribution is -2.15. The number of methoxy groups -OCH3 is 1. The standard InChI is InChI=1S/C17H14O4S/c1-20-14-7-4-5-12(9-14)11-22(19)16-10-13-6-2-3-8-15(13)21-17(16)18/h2-10H,11H2,1H3. The summed E-state index contributed by atoms with van der Waals surface area (Å²) in [6.45, 7) is 0. The molecule has 1 heterocycles. The minimum absolute atomic E-state index is 0.182. The summed E-state index contributed by atoms with van der Waals surface area (Å²) < 4.78 is 22.9. The minimum atomic E-state index is -1.47. The second kappa shape index (κ2) is 6.25. The molecular formula is C17H14O4S. The molecule has 0 saturated heterocycles. The maximum Gasteiger partial charge on any atom is 0.392 e. The van der Waals surface area contributed by atoms with Gasteiger partial charge in [0.25, 0.3) is 0 Å². The van der Waals surface area contributed by atoms with E-state index in [0.29, 0.717) is 11.3 Å². The Kier molecular flexibility index (Phi) is 4.18. The van der Waals surface area contributed by atoms with Gasteiger partial charge in [0.15, 0.2) is 0 Å². The van der Waals surface area contributed by atoms with Crippen LogP contribution in [0.2, 0.25) is 0 Å². The van der Waals surface area contributed by atoms with Crippen LogP contribution in [0.15, 0.2) is 68.7 Å². The summed E-state index contributed by atoms with van der Waals surface area (Å²) >= 11 is -1.47. The molecule has 0 amide bonds. The van der Waals surface area contributed by atoms with Gasteiger partial charge in [-0.05, 0) is 29.4 Å². The number of benzene rings is 2. The SMILES string of the molecule is COc1cccc(C[S+]([O-])c2cc3ccccc3oc2=O)c1. The van der Waals surface area contributed by atoms with Gasteiger partial charge in [-0.15, -0.1) is 0 Å². The topological polar surface area (TPSA) is 62.5 Å². The molecule has 0 aliphatic heterocycles. The molecule has 2 aromatic carbocycles. The molecule has 1 atom stereocenters. The van der Waals surface area contributed by atoms with Gasteiger partial charge in [-0.3, -0.25) is 0 Å². The van der Waals surface area contributed by atoms with Crippen molar-refractivity contribution in [2.45, 2.75) is 10.6 Å². The highest BCUT2D eigenvalue weighted by atomic mass is 32.2. The van der Waals surface area contributed by atoms with Crippen LogP contribution >= 0.6 is 0 Å². The molecule has 0 bridgehead atoms. The second-order valence-corrected chi connectivity index (χ2v) is 6.20. The van der Waals surface area contributed by atoms with Crippen molar-refractivity contribution in [2.75, 3.05) is 7.11 Å². The molecule has 4 nitrogen and oxygen atoms in total. The zero-order valence-corrected chi connectivity index (χ0v) is 12.8. The van der Waals surface area contributed by atoms with E-state index in [0.717, 1.165) is 10.9 Å². The van der Waals surface area contributed by atoms with Crippen LogP contribution in [0, 0.1) is 0 Å². The maximum absolute atomic E-state index is 12.5. The molecule has 0 saturated carbocycles. The quantitative estimate of drug-likeness (QED) is 0.548. The molecule has 1 aromatic heterocycles. The molecule has 3 rings (SSSR count). The van der Waals surface area contributed by atoms with Gasteiger partial charge in [-0.2, -0.15) is 0 Å². The number of hydrogen-bond donors (Lipinski definition) is 0. The number of hydrogen-bond acceptors (Lipinski definition) is 4. The van der Waals surface area contributed by atoms with Crippen molar-refractivity contribution in [3.05, 3.63) is 70.6 Å². The Bertz CT molecular complexity index is 856. The number of ether oxygens (including phenoxy) is 1. The van der Waals surface area contributed by atoms with Crippen molar-refractivity contribution < 1.29 is 13.7 Å². The third-order valence-electron chi connectivity index (χ3n) is 3.29. The Morgan fingerprint density at radius 2 is 1.95 bits per heavy atom. The summed E-state index contributed by atoms with van der Waals surface area (Å²) in [5, 5.41) is 0.760. The lowest BCUT2D eigenvalue weighted by atomic mass is 10.2. The van der Waals surface area contributed by atoms with Gasteiger partial charge in [0.05, 0.1) is 7.11 Å². The van der Waals surface area contributed by atoms with Crippen molar-refractivity contribution >= 4 is 22.1 Å². The van der Waals surface area contributed by atoms with Crippen LogP contribution < -0.4 is 10.4 Å². The van der Waals surface area contributed by atoms with Crippen molar-refractivity contribution in [3.63, 3.8) is 0 Å². The van der Waals surface area contributed by atoms with Crippen LogP contribution in [-0.4, -0.2) is 11.7 Å². The lowest BCUT2D eigenvalue weighted by Gasteiger charge is -2.10. The molecule has 5 heteroatoms. The van der Waals surface area contributed by atoms with Crippen molar-refractivity contribution in [1.82, 2.24) is 0 Å². The smallest absolute Gasteiger partial charge is 0.392 e. The van der Waals surface area contributed by atoms with Crippen LogP contribution in [0.3, 0.4) is 0 Å². The summed E-state index contributed by atoms with van der Waals surface area (Å²) in [6, 6.07) is 16.1. The van der Waals surface area contributed by atoms with Crippen molar-refractivity contribution in [1.29, 1.82) is 0 Å². The van der Waals surface area contributed by atoms with E-state index in [9.17, 15) is 9.35 Å². The van der Waals surface area contributed by atoms with Gasteiger partial charge in [-0.25, -0.2) is 4.79 Å². The predicted octanol–water partition coefficient (Wildman–Crippen LogP) is 3.11. The second-order valence-electron chi connectivity index (χ2n) is 4.78. The van der Waals surface area contributed by atoms with Crippen LogP contribution in [0.4, 0.5) is 0 Å². The summed E-state index contributed by atoms with van der Waals surface area (Å²) in [5.41, 5.74) is 0.778. The highest BCUT2D eigenvalue weighted by molar-refractivity contribution is 7.90. The van der Waals surface area contributed by atoms with Gasteiger partial charge < -0.3 is 13.7 Å². The van der Waals surface area contributed by atoms with Gasteiger partial charge in [0.2, 0.25) is 4.90 Å². The summed E-state index contributed by atoms with van der Waals surface area (Å²) in [4.78, 5) is 12.2. The van der Waals surface area contributed by atoms with E-state index >= 15 is 0 Å². The zero-order valence-electron chi connectivity index (χ0n) is 11.9. The molecule has 0 aliphatic rings. The molecular weight excluding hydrogens is 300 g/mol. The van der Waals surface area contributed by atoms with E-state index < -0.39 is 16.8 Å². The first-order chi connectivity index (χ1) is 10.7. The summed E-state index contributed by atoms with van der Waals surface area (Å²) in [7, 11) is 1.58. The first kappa shape index (κ1) is 14.7. The van der Waals surface area contributed by atoms with E-state index in [1.54, 1.807) is 31.4 Å². The van der Waals surface area contributed by atoms with Crippen LogP contribution in [0.5, 0.6) is 5.75 Å². The number of fused-ring (bicyclic) bond motifs is 1. The molecule has 0 spiro atoms. The normalized spacial score (nSPS) is 12.3. The van der Waals surface area contributed by atoms with Gasteiger partial charge in [0, 0.05) is 17.0 Å². The van der Waals surface area contributed by atoms with Crippen LogP contribution in [0.1, 0.15) is 5.56 Å². The van der Waals surface area contributed by atoms with Crippen molar-refractivity contribution in [3.8, 4) is 5.75 Å². The van der Waals surface area contributed by atoms with Gasteiger partial charge in [0.1, 0.15) is 17.1 Å². The predicted molar refractivity (Wildman–Crippen MR) is 85.6 cm³/mol. The summed E-state index contributed by atoms with van der Waals surface area (Å²) in [6.07, 6.45) is 0. The first-order valence-electron chi connectivity index (χ1n) is 6.71. The fourth-order valence-corrected chi connectivity index (χ4v) is 3.32. The number of rotatable bonds is 4. The van der Waals surface area contributed by atoms with E-state index in [2.05, 4.69) is 0 Å². The number of para-hydroxylation sites is 1. The van der Waals surface area contributed by atoms with E-state index in [-0.39, 0.29) is 10.6 Å². The molecule has 3 aromatic rings. The first-order valence-corrected chi connectivity index (χ1v) is 8.03. The van der Waals surface area contributed by atoms with Crippen LogP contribution in [0.25, 0.3) is 11.0 Å². The van der Waals surface area contributed by atoms with E-state index in [4.69, 9.17) is 9.15 Å². The minimum Gasteiger partial charge on any atom is -0.611 e. The highest BCUT2D eigenvalue weighted by Crippen LogP contribution is 2.20.